The first kappa shape index (κ1) is 18.2. The molecular formula is C10H20Br2FeN2. The molecule has 0 aromatic heterocycles. The second kappa shape index (κ2) is 11.3. The summed E-state index contributed by atoms with van der Waals surface area (Å²) in [5.74, 6) is 0. The maximum atomic E-state index is 4.42. The van der Waals surface area contributed by atoms with Crippen molar-refractivity contribution in [3.8, 4) is 0 Å². The van der Waals surface area contributed by atoms with Gasteiger partial charge in [-0.15, -0.1) is 0 Å². The van der Waals surface area contributed by atoms with E-state index in [1.54, 1.807) is 0 Å². The van der Waals surface area contributed by atoms with Gasteiger partial charge in [-0.25, -0.2) is 0 Å². The molecule has 0 aliphatic heterocycles. The van der Waals surface area contributed by atoms with Crippen LogP contribution in [0.1, 0.15) is 41.5 Å². The van der Waals surface area contributed by atoms with E-state index >= 15 is 0 Å². The molecule has 0 fully saturated rings. The number of halogens is 2. The van der Waals surface area contributed by atoms with Crippen LogP contribution >= 0.6 is 28.2 Å². The van der Waals surface area contributed by atoms with E-state index in [-0.39, 0.29) is 0 Å². The minimum atomic E-state index is 0.363. The van der Waals surface area contributed by atoms with Gasteiger partial charge in [0, 0.05) is 12.1 Å². The molecule has 0 aromatic rings. The Bertz CT molecular complexity index is 191. The van der Waals surface area contributed by atoms with Crippen molar-refractivity contribution >= 4 is 39.6 Å². The van der Waals surface area contributed by atoms with Crippen LogP contribution in [0, 0.1) is 0 Å². The van der Waals surface area contributed by atoms with Gasteiger partial charge in [0.1, 0.15) is 0 Å². The van der Waals surface area contributed by atoms with Gasteiger partial charge in [-0.05, 0) is 41.5 Å². The number of hydrogen-bond donors (Lipinski definition) is 0. The van der Waals surface area contributed by atoms with Crippen molar-refractivity contribution in [3.63, 3.8) is 0 Å². The van der Waals surface area contributed by atoms with Gasteiger partial charge < -0.3 is 0 Å². The van der Waals surface area contributed by atoms with Gasteiger partial charge in [0.15, 0.2) is 0 Å². The van der Waals surface area contributed by atoms with Crippen LogP contribution in [0.15, 0.2) is 9.98 Å². The van der Waals surface area contributed by atoms with Crippen molar-refractivity contribution in [1.82, 2.24) is 0 Å². The molecule has 0 saturated carbocycles. The Labute approximate surface area is 114 Å². The predicted molar refractivity (Wildman–Crippen MR) is 74.3 cm³/mol. The fourth-order valence-corrected chi connectivity index (χ4v) is 0.961. The van der Waals surface area contributed by atoms with Crippen LogP contribution in [-0.2, 0) is 11.3 Å². The van der Waals surface area contributed by atoms with E-state index in [0.717, 1.165) is 22.8 Å². The zero-order valence-corrected chi connectivity index (χ0v) is 14.4. The molecular weight excluding hydrogens is 364 g/mol. The monoisotopic (exact) mass is 382 g/mol. The molecule has 0 aromatic carbocycles. The molecule has 0 N–H and O–H groups in total. The van der Waals surface area contributed by atoms with Gasteiger partial charge in [0.05, 0.1) is 11.4 Å². The van der Waals surface area contributed by atoms with Crippen LogP contribution in [0.2, 0.25) is 0 Å². The van der Waals surface area contributed by atoms with Crippen LogP contribution in [0.3, 0.4) is 0 Å². The SMILES string of the molecule is CC(=NC(C)C)C(C)=NC(C)C.[Br][Fe][Br]. The summed E-state index contributed by atoms with van der Waals surface area (Å²) in [5.41, 5.74) is 2.11. The van der Waals surface area contributed by atoms with E-state index in [4.69, 9.17) is 0 Å². The third-order valence-electron chi connectivity index (χ3n) is 1.43. The average Bonchev–Trinajstić information content (AvgIpc) is 2.02. The van der Waals surface area contributed by atoms with Crippen molar-refractivity contribution in [2.24, 2.45) is 9.98 Å². The zero-order valence-electron chi connectivity index (χ0n) is 10.2. The van der Waals surface area contributed by atoms with Crippen molar-refractivity contribution in [1.29, 1.82) is 0 Å². The van der Waals surface area contributed by atoms with E-state index in [0.29, 0.717) is 12.1 Å². The Kier molecular flexibility index (Phi) is 13.7. The summed E-state index contributed by atoms with van der Waals surface area (Å²) < 4.78 is 0. The average molecular weight is 384 g/mol. The fourth-order valence-electron chi connectivity index (χ4n) is 0.961. The van der Waals surface area contributed by atoms with Crippen molar-refractivity contribution in [2.75, 3.05) is 0 Å². The van der Waals surface area contributed by atoms with Crippen LogP contribution in [0.5, 0.6) is 0 Å². The second-order valence-electron chi connectivity index (χ2n) is 3.67. The molecule has 0 unspecified atom stereocenters. The van der Waals surface area contributed by atoms with Gasteiger partial charge in [0.2, 0.25) is 0 Å². The summed E-state index contributed by atoms with van der Waals surface area (Å²) in [4.78, 5) is 8.83. The van der Waals surface area contributed by atoms with Crippen molar-refractivity contribution < 1.29 is 11.3 Å². The van der Waals surface area contributed by atoms with Gasteiger partial charge in [-0.3, -0.25) is 9.98 Å². The van der Waals surface area contributed by atoms with Crippen LogP contribution in [-0.4, -0.2) is 23.5 Å². The normalized spacial score (nSPS) is 13.2. The Balaban J connectivity index is 0. The summed E-state index contributed by atoms with van der Waals surface area (Å²) in [6.07, 6.45) is 0. The first-order valence-corrected chi connectivity index (χ1v) is 10.2. The molecule has 0 radical (unpaired) electrons. The Hall–Kier alpha value is 0.819. The van der Waals surface area contributed by atoms with Gasteiger partial charge >= 0.3 is 39.6 Å². The molecule has 0 saturated heterocycles. The molecule has 0 aliphatic carbocycles. The van der Waals surface area contributed by atoms with E-state index in [1.165, 1.54) is 0 Å². The Morgan fingerprint density at radius 3 is 1.20 bits per heavy atom. The summed E-state index contributed by atoms with van der Waals surface area (Å²) in [6.45, 7) is 12.3. The summed E-state index contributed by atoms with van der Waals surface area (Å²) in [5, 5.41) is 0. The number of aliphatic imine (C=N–C) groups is 2. The predicted octanol–water partition coefficient (Wildman–Crippen LogP) is 4.41. The zero-order chi connectivity index (χ0) is 12.4. The van der Waals surface area contributed by atoms with Crippen molar-refractivity contribution in [2.45, 2.75) is 53.6 Å². The molecule has 92 valence electrons. The van der Waals surface area contributed by atoms with Crippen LogP contribution < -0.4 is 0 Å². The van der Waals surface area contributed by atoms with E-state index in [9.17, 15) is 0 Å². The standard InChI is InChI=1S/C10H20N2.2BrH.Fe/c1-7(2)11-9(5)10(6)12-8(3)4;;;/h7-8H,1-6H3;2*1H;/q;;;+2/p-2. The van der Waals surface area contributed by atoms with Gasteiger partial charge in [-0.1, -0.05) is 0 Å². The van der Waals surface area contributed by atoms with Crippen LogP contribution in [0.4, 0.5) is 0 Å². The topological polar surface area (TPSA) is 24.7 Å². The molecule has 0 heterocycles. The van der Waals surface area contributed by atoms with Gasteiger partial charge in [-0.2, -0.15) is 0 Å². The number of nitrogens with zero attached hydrogens (tertiary/aromatic N) is 2. The second-order valence-corrected chi connectivity index (χ2v) is 9.24. The first-order valence-electron chi connectivity index (χ1n) is 4.79. The quantitative estimate of drug-likeness (QED) is 0.509. The number of rotatable bonds is 3. The van der Waals surface area contributed by atoms with E-state index < -0.39 is 0 Å². The molecule has 5 heteroatoms. The van der Waals surface area contributed by atoms with Crippen LogP contribution in [0.25, 0.3) is 0 Å². The van der Waals surface area contributed by atoms with Crippen molar-refractivity contribution in [3.05, 3.63) is 0 Å². The summed E-state index contributed by atoms with van der Waals surface area (Å²) in [7, 11) is 0. The fraction of sp³-hybridized carbons (Fsp3) is 0.800. The number of hydrogen-bond acceptors (Lipinski definition) is 2. The summed E-state index contributed by atoms with van der Waals surface area (Å²) >= 11 is 7.00. The minimum absolute atomic E-state index is 0.363. The molecule has 0 amide bonds. The first-order chi connectivity index (χ1) is 6.84. The molecule has 0 bridgehead atoms. The Morgan fingerprint density at radius 2 is 1.07 bits per heavy atom. The molecule has 0 spiro atoms. The third kappa shape index (κ3) is 14.8. The molecule has 0 rings (SSSR count). The molecule has 2 nitrogen and oxygen atoms in total. The van der Waals surface area contributed by atoms with E-state index in [2.05, 4.69) is 65.9 Å². The summed E-state index contributed by atoms with van der Waals surface area (Å²) in [6, 6.07) is 0.727. The molecule has 15 heavy (non-hydrogen) atoms. The van der Waals surface area contributed by atoms with Gasteiger partial charge in [0.25, 0.3) is 0 Å². The molecule has 0 atom stereocenters. The Morgan fingerprint density at radius 1 is 0.867 bits per heavy atom. The molecule has 0 aliphatic rings. The maximum absolute atomic E-state index is 4.42. The third-order valence-corrected chi connectivity index (χ3v) is 1.43. The van der Waals surface area contributed by atoms with E-state index in [1.807, 2.05) is 13.8 Å².